The third-order valence-electron chi connectivity index (χ3n) is 3.80. The summed E-state index contributed by atoms with van der Waals surface area (Å²) in [6.45, 7) is 1.88. The smallest absolute Gasteiger partial charge is 0.193 e. The predicted molar refractivity (Wildman–Crippen MR) is 98.7 cm³/mol. The molecule has 0 amide bonds. The maximum absolute atomic E-state index is 13.9. The van der Waals surface area contributed by atoms with Crippen molar-refractivity contribution in [2.75, 3.05) is 28.2 Å². The topological polar surface area (TPSA) is 48.7 Å². The Bertz CT molecular complexity index is 722. The van der Waals surface area contributed by atoms with Gasteiger partial charge < -0.3 is 15.1 Å². The van der Waals surface area contributed by atoms with Gasteiger partial charge in [0.2, 0.25) is 0 Å². The van der Waals surface area contributed by atoms with Crippen molar-refractivity contribution in [2.24, 2.45) is 12.0 Å². The number of halogens is 1. The summed E-state index contributed by atoms with van der Waals surface area (Å²) in [4.78, 5) is 8.30. The fraction of sp³-hybridized carbons (Fsp3) is 0.444. The number of hydrogen-bond acceptors (Lipinski definition) is 3. The van der Waals surface area contributed by atoms with Gasteiger partial charge in [0.25, 0.3) is 0 Å². The zero-order chi connectivity index (χ0) is 18.4. The van der Waals surface area contributed by atoms with E-state index >= 15 is 0 Å². The largest absolute Gasteiger partial charge is 0.352 e. The number of nitrogens with zero attached hydrogens (tertiary/aromatic N) is 5. The second kappa shape index (κ2) is 8.62. The van der Waals surface area contributed by atoms with Crippen molar-refractivity contribution < 1.29 is 4.39 Å². The van der Waals surface area contributed by atoms with Crippen LogP contribution in [0.2, 0.25) is 0 Å². The Morgan fingerprint density at radius 1 is 1.24 bits per heavy atom. The summed E-state index contributed by atoms with van der Waals surface area (Å²) in [6, 6.07) is 5.23. The molecule has 0 bridgehead atoms. The third kappa shape index (κ3) is 5.56. The molecule has 2 rings (SSSR count). The van der Waals surface area contributed by atoms with Crippen LogP contribution in [0.3, 0.4) is 0 Å². The van der Waals surface area contributed by atoms with Gasteiger partial charge in [0.1, 0.15) is 5.82 Å². The van der Waals surface area contributed by atoms with Gasteiger partial charge in [-0.2, -0.15) is 5.10 Å². The molecule has 1 aromatic heterocycles. The van der Waals surface area contributed by atoms with Gasteiger partial charge in [-0.25, -0.2) is 4.39 Å². The van der Waals surface area contributed by atoms with E-state index in [1.807, 2.05) is 56.5 Å². The molecule has 0 saturated carbocycles. The van der Waals surface area contributed by atoms with Gasteiger partial charge in [0.15, 0.2) is 5.96 Å². The Morgan fingerprint density at radius 3 is 2.60 bits per heavy atom. The van der Waals surface area contributed by atoms with Crippen LogP contribution in [0.4, 0.5) is 4.39 Å². The molecular weight excluding hydrogens is 319 g/mol. The molecule has 0 atom stereocenters. The van der Waals surface area contributed by atoms with E-state index in [9.17, 15) is 4.39 Å². The number of rotatable bonds is 6. The average Bonchev–Trinajstić information content (AvgIpc) is 2.95. The Kier molecular flexibility index (Phi) is 6.52. The zero-order valence-electron chi connectivity index (χ0n) is 15.6. The van der Waals surface area contributed by atoms with Gasteiger partial charge in [0.05, 0.1) is 6.20 Å². The molecular formula is C18H27FN6. The number of hydrogen-bond donors (Lipinski definition) is 1. The summed E-state index contributed by atoms with van der Waals surface area (Å²) in [6.07, 6.45) is 3.83. The van der Waals surface area contributed by atoms with Gasteiger partial charge in [-0.1, -0.05) is 6.07 Å². The molecule has 0 aliphatic carbocycles. The van der Waals surface area contributed by atoms with E-state index in [0.717, 1.165) is 17.1 Å². The van der Waals surface area contributed by atoms with E-state index in [2.05, 4.69) is 15.4 Å². The van der Waals surface area contributed by atoms with Crippen LogP contribution in [0.1, 0.15) is 16.7 Å². The van der Waals surface area contributed by atoms with Crippen LogP contribution < -0.4 is 5.32 Å². The lowest BCUT2D eigenvalue weighted by molar-refractivity contribution is 0.392. The monoisotopic (exact) mass is 346 g/mol. The van der Waals surface area contributed by atoms with Crippen molar-refractivity contribution in [3.05, 3.63) is 53.1 Å². The number of nitrogens with one attached hydrogen (secondary N) is 1. The number of aliphatic imine (C=N–C) groups is 1. The van der Waals surface area contributed by atoms with E-state index in [0.29, 0.717) is 25.2 Å². The van der Waals surface area contributed by atoms with Crippen molar-refractivity contribution in [1.82, 2.24) is 24.9 Å². The highest BCUT2D eigenvalue weighted by Gasteiger charge is 2.09. The Balaban J connectivity index is 1.98. The van der Waals surface area contributed by atoms with Crippen LogP contribution in [0, 0.1) is 5.82 Å². The summed E-state index contributed by atoms with van der Waals surface area (Å²) >= 11 is 0. The van der Waals surface area contributed by atoms with E-state index in [1.165, 1.54) is 6.07 Å². The number of aromatic nitrogens is 2. The van der Waals surface area contributed by atoms with Crippen molar-refractivity contribution in [3.63, 3.8) is 0 Å². The van der Waals surface area contributed by atoms with Gasteiger partial charge in [0, 0.05) is 58.1 Å². The molecule has 0 aliphatic heterocycles. The highest BCUT2D eigenvalue weighted by molar-refractivity contribution is 5.79. The predicted octanol–water partition coefficient (Wildman–Crippen LogP) is 1.83. The molecule has 0 fully saturated rings. The fourth-order valence-corrected chi connectivity index (χ4v) is 2.67. The molecule has 2 aromatic rings. The molecule has 0 radical (unpaired) electrons. The first kappa shape index (κ1) is 18.9. The lowest BCUT2D eigenvalue weighted by Gasteiger charge is -2.21. The van der Waals surface area contributed by atoms with E-state index in [-0.39, 0.29) is 5.82 Å². The molecule has 0 unspecified atom stereocenters. The molecule has 1 N–H and O–H groups in total. The maximum Gasteiger partial charge on any atom is 0.193 e. The van der Waals surface area contributed by atoms with E-state index < -0.39 is 0 Å². The number of guanidine groups is 1. The lowest BCUT2D eigenvalue weighted by Crippen LogP contribution is -2.38. The minimum absolute atomic E-state index is 0.171. The van der Waals surface area contributed by atoms with Gasteiger partial charge in [-0.3, -0.25) is 9.67 Å². The summed E-state index contributed by atoms with van der Waals surface area (Å²) in [5.74, 6) is 0.609. The average molecular weight is 346 g/mol. The SMILES string of the molecule is CN=C(NCc1ccc(F)c(CN(C)C)c1)N(C)Cc1cnn(C)c1. The Labute approximate surface area is 149 Å². The molecule has 6 nitrogen and oxygen atoms in total. The molecule has 0 spiro atoms. The van der Waals surface area contributed by atoms with E-state index in [1.54, 1.807) is 17.8 Å². The normalized spacial score (nSPS) is 11.9. The van der Waals surface area contributed by atoms with Crippen LogP contribution in [-0.2, 0) is 26.7 Å². The first-order valence-corrected chi connectivity index (χ1v) is 8.20. The highest BCUT2D eigenvalue weighted by Crippen LogP contribution is 2.12. The molecule has 1 heterocycles. The summed E-state index contributed by atoms with van der Waals surface area (Å²) in [5.41, 5.74) is 2.83. The van der Waals surface area contributed by atoms with Crippen molar-refractivity contribution in [2.45, 2.75) is 19.6 Å². The first-order chi connectivity index (χ1) is 11.9. The number of aryl methyl sites for hydroxylation is 1. The summed E-state index contributed by atoms with van der Waals surface area (Å²) in [5, 5.41) is 7.51. The Morgan fingerprint density at radius 2 is 2.00 bits per heavy atom. The van der Waals surface area contributed by atoms with Crippen molar-refractivity contribution in [3.8, 4) is 0 Å². The quantitative estimate of drug-likeness (QED) is 0.640. The molecule has 136 valence electrons. The van der Waals surface area contributed by atoms with Crippen molar-refractivity contribution in [1.29, 1.82) is 0 Å². The molecule has 25 heavy (non-hydrogen) atoms. The number of benzene rings is 1. The first-order valence-electron chi connectivity index (χ1n) is 8.20. The molecule has 7 heteroatoms. The second-order valence-electron chi connectivity index (χ2n) is 6.44. The van der Waals surface area contributed by atoms with Crippen LogP contribution >= 0.6 is 0 Å². The van der Waals surface area contributed by atoms with Gasteiger partial charge in [-0.15, -0.1) is 0 Å². The van der Waals surface area contributed by atoms with Gasteiger partial charge >= 0.3 is 0 Å². The molecule has 0 saturated heterocycles. The van der Waals surface area contributed by atoms with Gasteiger partial charge in [-0.05, 0) is 31.8 Å². The molecule has 0 aliphatic rings. The van der Waals surface area contributed by atoms with Crippen LogP contribution in [-0.4, -0.2) is 53.7 Å². The Hall–Kier alpha value is -2.41. The lowest BCUT2D eigenvalue weighted by atomic mass is 10.1. The fourth-order valence-electron chi connectivity index (χ4n) is 2.67. The minimum Gasteiger partial charge on any atom is -0.352 e. The zero-order valence-corrected chi connectivity index (χ0v) is 15.6. The summed E-state index contributed by atoms with van der Waals surface area (Å²) in [7, 11) is 9.49. The van der Waals surface area contributed by atoms with E-state index in [4.69, 9.17) is 0 Å². The third-order valence-corrected chi connectivity index (χ3v) is 3.80. The second-order valence-corrected chi connectivity index (χ2v) is 6.44. The standard InChI is InChI=1S/C18H27FN6/c1-20-18(24(4)11-15-10-22-25(5)12-15)21-9-14-6-7-17(19)16(8-14)13-23(2)3/h6-8,10,12H,9,11,13H2,1-5H3,(H,20,21). The van der Waals surface area contributed by atoms with Crippen molar-refractivity contribution >= 4 is 5.96 Å². The minimum atomic E-state index is -0.171. The van der Waals surface area contributed by atoms with Crippen LogP contribution in [0.25, 0.3) is 0 Å². The maximum atomic E-state index is 13.9. The van der Waals surface area contributed by atoms with Crippen LogP contribution in [0.5, 0.6) is 0 Å². The highest BCUT2D eigenvalue weighted by atomic mass is 19.1. The van der Waals surface area contributed by atoms with Crippen LogP contribution in [0.15, 0.2) is 35.6 Å². The summed E-state index contributed by atoms with van der Waals surface area (Å²) < 4.78 is 15.7. The molecule has 1 aromatic carbocycles.